The van der Waals surface area contributed by atoms with Gasteiger partial charge in [-0.2, -0.15) is 0 Å². The monoisotopic (exact) mass is 479 g/mol. The second-order valence-corrected chi connectivity index (χ2v) is 8.88. The smallest absolute Gasteiger partial charge is 0.306 e. The lowest BCUT2D eigenvalue weighted by Gasteiger charge is -2.04. The van der Waals surface area contributed by atoms with E-state index in [-0.39, 0.29) is 19.2 Å². The molecule has 196 valence electrons. The number of carbonyl (C=O) groups is 1. The summed E-state index contributed by atoms with van der Waals surface area (Å²) in [6.07, 6.45) is 21.4. The molecule has 1 aromatic rings. The van der Waals surface area contributed by atoms with Crippen LogP contribution in [0.3, 0.4) is 0 Å². The lowest BCUT2D eigenvalue weighted by atomic mass is 10.1. The third-order valence-electron chi connectivity index (χ3n) is 5.69. The molecule has 0 aromatic carbocycles. The molecule has 0 radical (unpaired) electrons. The van der Waals surface area contributed by atoms with Crippen molar-refractivity contribution in [2.24, 2.45) is 0 Å². The summed E-state index contributed by atoms with van der Waals surface area (Å²) >= 11 is 0. The molecule has 2 N–H and O–H groups in total. The van der Waals surface area contributed by atoms with Gasteiger partial charge in [0.05, 0.1) is 26.4 Å². The summed E-state index contributed by atoms with van der Waals surface area (Å²) < 4.78 is 16.2. The van der Waals surface area contributed by atoms with Crippen LogP contribution in [0.1, 0.15) is 108 Å². The Morgan fingerprint density at radius 3 is 2.26 bits per heavy atom. The van der Waals surface area contributed by atoms with Crippen LogP contribution in [-0.2, 0) is 27.4 Å². The zero-order chi connectivity index (χ0) is 24.5. The molecule has 1 heterocycles. The summed E-state index contributed by atoms with van der Waals surface area (Å²) in [5.74, 6) is 1.30. The Labute approximate surface area is 207 Å². The van der Waals surface area contributed by atoms with Gasteiger partial charge in [0.2, 0.25) is 0 Å². The van der Waals surface area contributed by atoms with Gasteiger partial charge in [0.25, 0.3) is 0 Å². The van der Waals surface area contributed by atoms with E-state index in [9.17, 15) is 4.79 Å². The van der Waals surface area contributed by atoms with Crippen LogP contribution in [0.15, 0.2) is 28.7 Å². The lowest BCUT2D eigenvalue weighted by molar-refractivity contribution is -0.145. The van der Waals surface area contributed by atoms with E-state index in [1.54, 1.807) is 0 Å². The van der Waals surface area contributed by atoms with Gasteiger partial charge >= 0.3 is 5.97 Å². The Morgan fingerprint density at radius 2 is 1.56 bits per heavy atom. The minimum atomic E-state index is -0.158. The average molecular weight is 480 g/mol. The average Bonchev–Trinajstić information content (AvgIpc) is 3.30. The molecular weight excluding hydrogens is 430 g/mol. The van der Waals surface area contributed by atoms with Gasteiger partial charge < -0.3 is 24.3 Å². The number of aliphatic hydroxyl groups is 1. The van der Waals surface area contributed by atoms with Crippen LogP contribution in [0, 0.1) is 0 Å². The fourth-order valence-corrected chi connectivity index (χ4v) is 3.68. The van der Waals surface area contributed by atoms with Crippen LogP contribution in [0.5, 0.6) is 0 Å². The van der Waals surface area contributed by atoms with Gasteiger partial charge in [-0.1, -0.05) is 70.4 Å². The van der Waals surface area contributed by atoms with Crippen LogP contribution in [0.4, 0.5) is 0 Å². The maximum absolute atomic E-state index is 11.9. The minimum Gasteiger partial charge on any atom is -0.461 e. The standard InChI is InChI=1S/C28H49NO5/c1-2-3-4-5-6-7-8-9-10-11-12-13-14-15-16-17-28(31)33-25-27-19-18-26(34-27)24-29-20-22-32-23-21-30/h9-10,18-19,29-30H,2-8,11-17,20-25H2,1H3. The van der Waals surface area contributed by atoms with Crippen LogP contribution >= 0.6 is 0 Å². The van der Waals surface area contributed by atoms with Gasteiger partial charge in [0, 0.05) is 13.0 Å². The molecule has 6 nitrogen and oxygen atoms in total. The van der Waals surface area contributed by atoms with Gasteiger partial charge in [-0.25, -0.2) is 0 Å². The van der Waals surface area contributed by atoms with Crippen LogP contribution in [-0.4, -0.2) is 37.4 Å². The first-order valence-electron chi connectivity index (χ1n) is 13.5. The van der Waals surface area contributed by atoms with Crippen LogP contribution in [0.2, 0.25) is 0 Å². The third kappa shape index (κ3) is 18.8. The van der Waals surface area contributed by atoms with E-state index in [1.807, 2.05) is 12.1 Å². The van der Waals surface area contributed by atoms with E-state index in [0.29, 0.717) is 38.5 Å². The normalized spacial score (nSPS) is 11.5. The number of hydrogen-bond acceptors (Lipinski definition) is 6. The first-order chi connectivity index (χ1) is 16.8. The summed E-state index contributed by atoms with van der Waals surface area (Å²) in [5.41, 5.74) is 0. The fourth-order valence-electron chi connectivity index (χ4n) is 3.68. The number of allylic oxidation sites excluding steroid dienone is 2. The third-order valence-corrected chi connectivity index (χ3v) is 5.69. The molecule has 34 heavy (non-hydrogen) atoms. The zero-order valence-electron chi connectivity index (χ0n) is 21.5. The highest BCUT2D eigenvalue weighted by atomic mass is 16.5. The number of esters is 1. The molecular formula is C28H49NO5. The Kier molecular flexibility index (Phi) is 20.7. The molecule has 0 bridgehead atoms. The fraction of sp³-hybridized carbons (Fsp3) is 0.750. The molecule has 0 saturated heterocycles. The van der Waals surface area contributed by atoms with Crippen molar-refractivity contribution in [2.45, 2.75) is 110 Å². The van der Waals surface area contributed by atoms with Crippen LogP contribution < -0.4 is 5.32 Å². The first kappa shape index (κ1) is 30.4. The summed E-state index contributed by atoms with van der Waals surface area (Å²) in [6, 6.07) is 3.73. The summed E-state index contributed by atoms with van der Waals surface area (Å²) in [5, 5.41) is 11.8. The SMILES string of the molecule is CCCCCCCCC=CCCCCCCCC(=O)OCc1ccc(CNCCOCCO)o1. The quantitative estimate of drug-likeness (QED) is 0.101. The zero-order valence-corrected chi connectivity index (χ0v) is 21.5. The van der Waals surface area contributed by atoms with Crippen molar-refractivity contribution in [3.05, 3.63) is 35.8 Å². The molecule has 0 amide bonds. The highest BCUT2D eigenvalue weighted by Gasteiger charge is 2.07. The molecule has 0 saturated carbocycles. The Bertz CT molecular complexity index is 614. The number of furan rings is 1. The second-order valence-electron chi connectivity index (χ2n) is 8.88. The molecule has 1 rings (SSSR count). The largest absolute Gasteiger partial charge is 0.461 e. The minimum absolute atomic E-state index is 0.0392. The highest BCUT2D eigenvalue weighted by molar-refractivity contribution is 5.69. The Hall–Kier alpha value is -1.63. The van der Waals surface area contributed by atoms with Gasteiger partial charge in [-0.15, -0.1) is 0 Å². The van der Waals surface area contributed by atoms with Crippen molar-refractivity contribution >= 4 is 5.97 Å². The molecule has 0 atom stereocenters. The summed E-state index contributed by atoms with van der Waals surface area (Å²) in [4.78, 5) is 11.9. The van der Waals surface area contributed by atoms with Crippen molar-refractivity contribution < 1.29 is 23.8 Å². The maximum atomic E-state index is 11.9. The number of rotatable bonds is 24. The van der Waals surface area contributed by atoms with Crippen molar-refractivity contribution in [1.29, 1.82) is 0 Å². The number of nitrogens with one attached hydrogen (secondary N) is 1. The predicted molar refractivity (Wildman–Crippen MR) is 138 cm³/mol. The predicted octanol–water partition coefficient (Wildman–Crippen LogP) is 6.46. The number of ether oxygens (including phenoxy) is 2. The number of unbranched alkanes of at least 4 members (excludes halogenated alkanes) is 11. The molecule has 0 fully saturated rings. The molecule has 0 spiro atoms. The van der Waals surface area contributed by atoms with E-state index < -0.39 is 0 Å². The van der Waals surface area contributed by atoms with Crippen molar-refractivity contribution in [3.8, 4) is 0 Å². The topological polar surface area (TPSA) is 80.9 Å². The summed E-state index contributed by atoms with van der Waals surface area (Å²) in [6.45, 7) is 4.66. The Morgan fingerprint density at radius 1 is 0.912 bits per heavy atom. The van der Waals surface area contributed by atoms with E-state index in [2.05, 4.69) is 24.4 Å². The second kappa shape index (κ2) is 23.1. The molecule has 0 aliphatic carbocycles. The van der Waals surface area contributed by atoms with Gasteiger partial charge in [-0.05, 0) is 44.2 Å². The molecule has 0 aliphatic heterocycles. The highest BCUT2D eigenvalue weighted by Crippen LogP contribution is 2.12. The number of carbonyl (C=O) groups excluding carboxylic acids is 1. The van der Waals surface area contributed by atoms with E-state index in [4.69, 9.17) is 19.0 Å². The molecule has 1 aromatic heterocycles. The van der Waals surface area contributed by atoms with Gasteiger partial charge in [0.1, 0.15) is 18.1 Å². The van der Waals surface area contributed by atoms with Gasteiger partial charge in [-0.3, -0.25) is 4.79 Å². The molecule has 0 unspecified atom stereocenters. The van der Waals surface area contributed by atoms with Crippen LogP contribution in [0.25, 0.3) is 0 Å². The van der Waals surface area contributed by atoms with Crippen molar-refractivity contribution in [1.82, 2.24) is 5.32 Å². The van der Waals surface area contributed by atoms with E-state index >= 15 is 0 Å². The van der Waals surface area contributed by atoms with Gasteiger partial charge in [0.15, 0.2) is 0 Å². The molecule has 0 aliphatic rings. The van der Waals surface area contributed by atoms with Crippen molar-refractivity contribution in [2.75, 3.05) is 26.4 Å². The van der Waals surface area contributed by atoms with Crippen molar-refractivity contribution in [3.63, 3.8) is 0 Å². The number of aliphatic hydroxyl groups excluding tert-OH is 1. The first-order valence-corrected chi connectivity index (χ1v) is 13.5. The van der Waals surface area contributed by atoms with E-state index in [1.165, 1.54) is 70.6 Å². The molecule has 6 heteroatoms. The number of hydrogen-bond donors (Lipinski definition) is 2. The lowest BCUT2D eigenvalue weighted by Crippen LogP contribution is -2.19. The summed E-state index contributed by atoms with van der Waals surface area (Å²) in [7, 11) is 0. The Balaban J connectivity index is 1.90. The maximum Gasteiger partial charge on any atom is 0.306 e. The van der Waals surface area contributed by atoms with E-state index in [0.717, 1.165) is 18.6 Å².